The van der Waals surface area contributed by atoms with Crippen LogP contribution in [0.25, 0.3) is 0 Å². The van der Waals surface area contributed by atoms with Gasteiger partial charge in [0.1, 0.15) is 5.02 Å². The highest BCUT2D eigenvalue weighted by Crippen LogP contribution is 2.25. The Labute approximate surface area is 110 Å². The molecule has 0 radical (unpaired) electrons. The van der Waals surface area contributed by atoms with E-state index in [2.05, 4.69) is 5.32 Å². The summed E-state index contributed by atoms with van der Waals surface area (Å²) in [4.78, 5) is 21.9. The number of rotatable bonds is 5. The zero-order chi connectivity index (χ0) is 13.7. The molecular formula is C12H15ClN2O3. The summed E-state index contributed by atoms with van der Waals surface area (Å²) in [7, 11) is 0. The van der Waals surface area contributed by atoms with E-state index in [1.807, 2.05) is 13.8 Å². The van der Waals surface area contributed by atoms with Crippen LogP contribution in [0.3, 0.4) is 0 Å². The van der Waals surface area contributed by atoms with Crippen LogP contribution in [0.1, 0.15) is 37.0 Å². The molecule has 1 N–H and O–H groups in total. The zero-order valence-corrected chi connectivity index (χ0v) is 11.0. The monoisotopic (exact) mass is 270 g/mol. The number of nitrogens with one attached hydrogen (secondary N) is 1. The maximum atomic E-state index is 11.8. The van der Waals surface area contributed by atoms with Gasteiger partial charge in [-0.15, -0.1) is 0 Å². The fraction of sp³-hybridized carbons (Fsp3) is 0.417. The summed E-state index contributed by atoms with van der Waals surface area (Å²) in [6.45, 7) is 3.92. The molecule has 0 aliphatic rings. The predicted octanol–water partition coefficient (Wildman–Crippen LogP) is 3.17. The minimum Gasteiger partial charge on any atom is -0.350 e. The predicted molar refractivity (Wildman–Crippen MR) is 69.9 cm³/mol. The number of nitro groups is 1. The molecule has 6 heteroatoms. The molecule has 0 unspecified atom stereocenters. The van der Waals surface area contributed by atoms with Crippen LogP contribution < -0.4 is 5.32 Å². The Hall–Kier alpha value is -1.62. The smallest absolute Gasteiger partial charge is 0.288 e. The van der Waals surface area contributed by atoms with Crippen LogP contribution in [0, 0.1) is 10.1 Å². The van der Waals surface area contributed by atoms with Gasteiger partial charge < -0.3 is 5.32 Å². The second-order valence-corrected chi connectivity index (χ2v) is 4.49. The van der Waals surface area contributed by atoms with E-state index in [0.717, 1.165) is 12.8 Å². The first-order chi connectivity index (χ1) is 8.45. The first-order valence-corrected chi connectivity index (χ1v) is 6.08. The quantitative estimate of drug-likeness (QED) is 0.660. The fourth-order valence-electron chi connectivity index (χ4n) is 1.61. The normalized spacial score (nSPS) is 11.9. The lowest BCUT2D eigenvalue weighted by Crippen LogP contribution is -2.32. The van der Waals surface area contributed by atoms with Crippen LogP contribution in [-0.4, -0.2) is 16.9 Å². The van der Waals surface area contributed by atoms with Crippen LogP contribution in [0.5, 0.6) is 0 Å². The molecule has 1 amide bonds. The third kappa shape index (κ3) is 3.70. The Morgan fingerprint density at radius 1 is 1.56 bits per heavy atom. The summed E-state index contributed by atoms with van der Waals surface area (Å²) in [5.74, 6) is -0.323. The number of nitrogens with zero attached hydrogens (tertiary/aromatic N) is 1. The van der Waals surface area contributed by atoms with Crippen molar-refractivity contribution in [2.24, 2.45) is 0 Å². The lowest BCUT2D eigenvalue weighted by Gasteiger charge is -2.12. The van der Waals surface area contributed by atoms with Gasteiger partial charge in [-0.05, 0) is 25.5 Å². The van der Waals surface area contributed by atoms with E-state index in [-0.39, 0.29) is 28.2 Å². The Morgan fingerprint density at radius 3 is 2.78 bits per heavy atom. The second kappa shape index (κ2) is 6.35. The van der Waals surface area contributed by atoms with Gasteiger partial charge in [0.2, 0.25) is 0 Å². The minimum absolute atomic E-state index is 0.0261. The maximum Gasteiger partial charge on any atom is 0.288 e. The Balaban J connectivity index is 2.87. The number of halogens is 1. The molecule has 1 atom stereocenters. The number of carbonyl (C=O) groups is 1. The van der Waals surface area contributed by atoms with Gasteiger partial charge in [0, 0.05) is 17.7 Å². The van der Waals surface area contributed by atoms with E-state index < -0.39 is 4.92 Å². The van der Waals surface area contributed by atoms with Gasteiger partial charge >= 0.3 is 0 Å². The molecule has 1 rings (SSSR count). The molecular weight excluding hydrogens is 256 g/mol. The van der Waals surface area contributed by atoms with Crippen molar-refractivity contribution in [2.45, 2.75) is 32.7 Å². The van der Waals surface area contributed by atoms with Crippen molar-refractivity contribution in [1.29, 1.82) is 0 Å². The van der Waals surface area contributed by atoms with Gasteiger partial charge in [0.25, 0.3) is 11.6 Å². The second-order valence-electron chi connectivity index (χ2n) is 4.09. The summed E-state index contributed by atoms with van der Waals surface area (Å²) in [6, 6.07) is 4.07. The molecule has 0 saturated carbocycles. The van der Waals surface area contributed by atoms with E-state index in [9.17, 15) is 14.9 Å². The van der Waals surface area contributed by atoms with Crippen molar-refractivity contribution in [3.63, 3.8) is 0 Å². The highest BCUT2D eigenvalue weighted by molar-refractivity contribution is 6.32. The molecule has 1 aromatic rings. The summed E-state index contributed by atoms with van der Waals surface area (Å²) >= 11 is 5.68. The molecule has 98 valence electrons. The number of carbonyl (C=O) groups excluding carboxylic acids is 1. The molecule has 0 heterocycles. The van der Waals surface area contributed by atoms with Gasteiger partial charge in [-0.1, -0.05) is 24.9 Å². The highest BCUT2D eigenvalue weighted by Gasteiger charge is 2.17. The van der Waals surface area contributed by atoms with Gasteiger partial charge in [-0.25, -0.2) is 0 Å². The summed E-state index contributed by atoms with van der Waals surface area (Å²) in [5, 5.41) is 13.5. The van der Waals surface area contributed by atoms with E-state index in [4.69, 9.17) is 11.6 Å². The molecule has 0 fully saturated rings. The number of benzene rings is 1. The minimum atomic E-state index is -0.603. The molecule has 1 aromatic carbocycles. The molecule has 18 heavy (non-hydrogen) atoms. The Bertz CT molecular complexity index is 463. The van der Waals surface area contributed by atoms with Gasteiger partial charge in [0.05, 0.1) is 4.92 Å². The number of amides is 1. The van der Waals surface area contributed by atoms with E-state index in [0.29, 0.717) is 0 Å². The average molecular weight is 271 g/mol. The van der Waals surface area contributed by atoms with Crippen LogP contribution in [0.15, 0.2) is 18.2 Å². The SMILES string of the molecule is CCC[C@@H](C)NC(=O)c1ccc(Cl)c([N+](=O)[O-])c1. The largest absolute Gasteiger partial charge is 0.350 e. The van der Waals surface area contributed by atoms with Gasteiger partial charge in [0.15, 0.2) is 0 Å². The molecule has 0 aliphatic heterocycles. The molecule has 0 spiro atoms. The maximum absolute atomic E-state index is 11.8. The first-order valence-electron chi connectivity index (χ1n) is 5.70. The molecule has 0 bridgehead atoms. The lowest BCUT2D eigenvalue weighted by atomic mass is 10.1. The zero-order valence-electron chi connectivity index (χ0n) is 10.3. The van der Waals surface area contributed by atoms with Gasteiger partial charge in [-0.3, -0.25) is 14.9 Å². The number of hydrogen-bond donors (Lipinski definition) is 1. The average Bonchev–Trinajstić information content (AvgIpc) is 2.29. The van der Waals surface area contributed by atoms with Crippen molar-refractivity contribution in [2.75, 3.05) is 0 Å². The molecule has 5 nitrogen and oxygen atoms in total. The van der Waals surface area contributed by atoms with Crippen LogP contribution in [0.4, 0.5) is 5.69 Å². The standard InChI is InChI=1S/C12H15ClN2O3/c1-3-4-8(2)14-12(16)9-5-6-10(13)11(7-9)15(17)18/h5-8H,3-4H2,1-2H3,(H,14,16)/t8-/m1/s1. The molecule has 0 aliphatic carbocycles. The van der Waals surface area contributed by atoms with E-state index in [1.165, 1.54) is 18.2 Å². The van der Waals surface area contributed by atoms with Crippen molar-refractivity contribution < 1.29 is 9.72 Å². The van der Waals surface area contributed by atoms with Crippen molar-refractivity contribution in [1.82, 2.24) is 5.32 Å². The van der Waals surface area contributed by atoms with Crippen molar-refractivity contribution in [3.8, 4) is 0 Å². The third-order valence-electron chi connectivity index (χ3n) is 2.50. The Kier molecular flexibility index (Phi) is 5.09. The lowest BCUT2D eigenvalue weighted by molar-refractivity contribution is -0.384. The third-order valence-corrected chi connectivity index (χ3v) is 2.82. The molecule has 0 aromatic heterocycles. The van der Waals surface area contributed by atoms with E-state index in [1.54, 1.807) is 0 Å². The number of hydrogen-bond acceptors (Lipinski definition) is 3. The van der Waals surface area contributed by atoms with Crippen molar-refractivity contribution in [3.05, 3.63) is 38.9 Å². The van der Waals surface area contributed by atoms with Crippen LogP contribution >= 0.6 is 11.6 Å². The van der Waals surface area contributed by atoms with E-state index >= 15 is 0 Å². The first kappa shape index (κ1) is 14.4. The fourth-order valence-corrected chi connectivity index (χ4v) is 1.79. The van der Waals surface area contributed by atoms with Crippen molar-refractivity contribution >= 4 is 23.2 Å². The topological polar surface area (TPSA) is 72.2 Å². The molecule has 0 saturated heterocycles. The van der Waals surface area contributed by atoms with Crippen LogP contribution in [-0.2, 0) is 0 Å². The number of nitro benzene ring substituents is 1. The summed E-state index contributed by atoms with van der Waals surface area (Å²) in [6.07, 6.45) is 1.82. The summed E-state index contributed by atoms with van der Waals surface area (Å²) < 4.78 is 0. The Morgan fingerprint density at radius 2 is 2.22 bits per heavy atom. The highest BCUT2D eigenvalue weighted by atomic mass is 35.5. The van der Waals surface area contributed by atoms with Gasteiger partial charge in [-0.2, -0.15) is 0 Å². The van der Waals surface area contributed by atoms with Crippen LogP contribution in [0.2, 0.25) is 5.02 Å². The summed E-state index contributed by atoms with van der Waals surface area (Å²) in [5.41, 5.74) is -0.0125.